The van der Waals surface area contributed by atoms with E-state index < -0.39 is 5.24 Å². The number of hydrogen-bond acceptors (Lipinski definition) is 10. The molecule has 0 amide bonds. The molecule has 6 rings (SSSR count). The third-order valence-corrected chi connectivity index (χ3v) is 8.90. The first kappa shape index (κ1) is 46.6. The topological polar surface area (TPSA) is 92.8 Å². The second-order valence-electron chi connectivity index (χ2n) is 7.91. The molecule has 3 aromatic carbocycles. The molecule has 3 aromatic heterocycles. The van der Waals surface area contributed by atoms with Gasteiger partial charge in [-0.1, -0.05) is 23.2 Å². The Kier molecular flexibility index (Phi) is 22.7. The zero-order valence-corrected chi connectivity index (χ0v) is 35.3. The molecule has 44 heavy (non-hydrogen) atoms. The van der Waals surface area contributed by atoms with Gasteiger partial charge in [0, 0.05) is 16.7 Å². The van der Waals surface area contributed by atoms with Gasteiger partial charge in [-0.05, 0) is 92.3 Å². The number of thiol groups is 1. The summed E-state index contributed by atoms with van der Waals surface area (Å²) in [5.41, 5.74) is 4.29. The Morgan fingerprint density at radius 1 is 0.750 bits per heavy atom. The normalized spacial score (nSPS) is 9.39. The quantitative estimate of drug-likeness (QED) is 0.0559. The molecule has 3 heterocycles. The Morgan fingerprint density at radius 2 is 1.16 bits per heavy atom. The summed E-state index contributed by atoms with van der Waals surface area (Å²) in [6, 6.07) is 16.1. The molecule has 0 saturated heterocycles. The third-order valence-electron chi connectivity index (χ3n) is 5.18. The minimum Gasteiger partial charge on any atom is -1.00 e. The van der Waals surface area contributed by atoms with Crippen molar-refractivity contribution in [1.82, 2.24) is 15.0 Å². The van der Waals surface area contributed by atoms with Gasteiger partial charge < -0.3 is 38.3 Å². The van der Waals surface area contributed by atoms with Gasteiger partial charge in [0.25, 0.3) is 5.24 Å². The molecule has 0 atom stereocenters. The summed E-state index contributed by atoms with van der Waals surface area (Å²) in [7, 11) is 0. The van der Waals surface area contributed by atoms with Gasteiger partial charge in [0.15, 0.2) is 24.5 Å². The number of nitrogens with zero attached hydrogens (tertiary/aromatic N) is 2. The zero-order chi connectivity index (χ0) is 28.3. The second-order valence-corrected chi connectivity index (χ2v) is 13.2. The number of Topliss-reactive ketones (excluding diaryl/α,β-unsaturated/α-hetero) is 2. The van der Waals surface area contributed by atoms with Crippen LogP contribution in [0.2, 0.25) is 8.93 Å². The molecule has 0 aliphatic heterocycles. The Labute approximate surface area is 358 Å². The van der Waals surface area contributed by atoms with Crippen molar-refractivity contribution in [2.24, 2.45) is 0 Å². The fraction of sp³-hybridized carbons (Fsp3) is 0.0741. The van der Waals surface area contributed by atoms with Crippen molar-refractivity contribution >= 4 is 165 Å². The standard InChI is InChI=1S/C9H6ClNOS.C9H7NOS2.C8H3Cl2NOS.CH3.ClH.K.Mg.H2S/c1-5(12)6-2-3-8-7(4-6)11-9(10)13-8;1-5(11)6-2-3-8-7(4-6)10-9(12)13-8;9-7(12)4-1-2-6-5(3-4)11-8(10)13-6;;;;;/h2-4H,1H3;2-4H,1H3,(H,10,12);1-3H;1H3;1H;;;1H2/q;;;-1;;+1;+2;/p-2. The van der Waals surface area contributed by atoms with Crippen LogP contribution in [-0.2, 0) is 13.5 Å². The van der Waals surface area contributed by atoms with Gasteiger partial charge in [-0.25, -0.2) is 9.97 Å². The van der Waals surface area contributed by atoms with Gasteiger partial charge in [0.2, 0.25) is 0 Å². The van der Waals surface area contributed by atoms with Crippen LogP contribution in [-0.4, -0.2) is 54.8 Å². The van der Waals surface area contributed by atoms with E-state index in [-0.39, 0.29) is 119 Å². The van der Waals surface area contributed by atoms with E-state index in [1.54, 1.807) is 37.3 Å². The molecule has 0 unspecified atom stereocenters. The van der Waals surface area contributed by atoms with Crippen LogP contribution in [0.4, 0.5) is 0 Å². The van der Waals surface area contributed by atoms with Crippen LogP contribution in [0.3, 0.4) is 0 Å². The number of aromatic nitrogens is 3. The van der Waals surface area contributed by atoms with E-state index in [1.807, 2.05) is 24.3 Å². The summed E-state index contributed by atoms with van der Waals surface area (Å²) in [4.78, 5) is 44.1. The average Bonchev–Trinajstić information content (AvgIpc) is 3.56. The molecule has 17 heteroatoms. The molecule has 0 radical (unpaired) electrons. The molecule has 222 valence electrons. The van der Waals surface area contributed by atoms with E-state index in [0.29, 0.717) is 25.6 Å². The molecule has 0 aliphatic rings. The number of halogens is 4. The number of carbonyl (C=O) groups excluding carboxylic acids is 3. The fourth-order valence-corrected chi connectivity index (χ4v) is 6.55. The number of benzene rings is 3. The predicted molar refractivity (Wildman–Crippen MR) is 187 cm³/mol. The smallest absolute Gasteiger partial charge is 1.00 e. The molecule has 6 nitrogen and oxygen atoms in total. The maximum absolute atomic E-state index is 11.1. The Balaban J connectivity index is 0. The molecule has 0 bridgehead atoms. The largest absolute Gasteiger partial charge is 2.00 e. The molecular weight excluding hydrogens is 780 g/mol. The predicted octanol–water partition coefficient (Wildman–Crippen LogP) is 3.45. The number of rotatable bonds is 3. The van der Waals surface area contributed by atoms with Crippen molar-refractivity contribution in [3.05, 3.63) is 91.6 Å². The van der Waals surface area contributed by atoms with Crippen molar-refractivity contribution in [2.75, 3.05) is 0 Å². The number of H-pyrrole nitrogens is 1. The van der Waals surface area contributed by atoms with Crippen LogP contribution in [0.5, 0.6) is 0 Å². The number of nitrogens with one attached hydrogen (secondary N) is 1. The van der Waals surface area contributed by atoms with E-state index in [9.17, 15) is 14.4 Å². The van der Waals surface area contributed by atoms with Crippen molar-refractivity contribution < 1.29 is 78.2 Å². The zero-order valence-electron chi connectivity index (χ0n) is 23.6. The minimum atomic E-state index is -0.481. The molecular formula is C27H20Cl4KMgN3O3S5. The van der Waals surface area contributed by atoms with Gasteiger partial charge in [-0.3, -0.25) is 14.4 Å². The van der Waals surface area contributed by atoms with Gasteiger partial charge in [-0.2, -0.15) is 0 Å². The first-order chi connectivity index (χ1) is 18.5. The molecule has 0 fully saturated rings. The average molecular weight is 800 g/mol. The van der Waals surface area contributed by atoms with E-state index in [1.165, 1.54) is 40.9 Å². The summed E-state index contributed by atoms with van der Waals surface area (Å²) in [6.45, 7) is 3.09. The molecule has 0 saturated carbocycles. The number of fused-ring (bicyclic) bond motifs is 3. The monoisotopic (exact) mass is 797 g/mol. The SMILES string of the molecule is CC(=O)c1ccc2sc(=S)[nH]c2c1.CC(=O)c1ccc2sc(Cl)nc2c1.O=C(Cl)c1ccc2sc(Cl)nc2c1.[CH3-].[Cl-].[K+].[Mg+2].[SH-]. The van der Waals surface area contributed by atoms with Gasteiger partial charge >= 0.3 is 74.4 Å². The summed E-state index contributed by atoms with van der Waals surface area (Å²) in [6.07, 6.45) is 0. The Hall–Kier alpha value is 0.473. The first-order valence-corrected chi connectivity index (χ1v) is 15.0. The van der Waals surface area contributed by atoms with Crippen LogP contribution in [0, 0.1) is 11.4 Å². The van der Waals surface area contributed by atoms with E-state index in [2.05, 4.69) is 15.0 Å². The Morgan fingerprint density at radius 3 is 1.61 bits per heavy atom. The first-order valence-electron chi connectivity index (χ1n) is 11.0. The van der Waals surface area contributed by atoms with Crippen molar-refractivity contribution in [3.8, 4) is 0 Å². The van der Waals surface area contributed by atoms with Crippen molar-refractivity contribution in [3.63, 3.8) is 0 Å². The number of hydrogen-bond donors (Lipinski definition) is 1. The maximum atomic E-state index is 11.1. The summed E-state index contributed by atoms with van der Waals surface area (Å²) in [5, 5.41) is -0.481. The van der Waals surface area contributed by atoms with Crippen molar-refractivity contribution in [1.29, 1.82) is 0 Å². The van der Waals surface area contributed by atoms with E-state index in [4.69, 9.17) is 47.0 Å². The molecule has 0 spiro atoms. The van der Waals surface area contributed by atoms with Gasteiger partial charge in [0.1, 0.15) is 0 Å². The number of aromatic amines is 1. The Bertz CT molecular complexity index is 1850. The van der Waals surface area contributed by atoms with Crippen LogP contribution in [0.25, 0.3) is 30.6 Å². The van der Waals surface area contributed by atoms with Crippen LogP contribution >= 0.6 is 81.0 Å². The number of thiazole rings is 3. The maximum Gasteiger partial charge on any atom is 2.00 e. The number of ketones is 2. The molecule has 1 N–H and O–H groups in total. The van der Waals surface area contributed by atoms with Crippen LogP contribution in [0.1, 0.15) is 44.9 Å². The summed E-state index contributed by atoms with van der Waals surface area (Å²) in [5.74, 6) is 0.124. The second kappa shape index (κ2) is 21.4. The van der Waals surface area contributed by atoms with Gasteiger partial charge in [0.05, 0.1) is 30.6 Å². The summed E-state index contributed by atoms with van der Waals surface area (Å²) < 4.78 is 4.78. The van der Waals surface area contributed by atoms with Crippen molar-refractivity contribution in [2.45, 2.75) is 13.8 Å². The fourth-order valence-electron chi connectivity index (χ4n) is 3.31. The molecule has 6 aromatic rings. The van der Waals surface area contributed by atoms with Crippen LogP contribution < -0.4 is 63.8 Å². The summed E-state index contributed by atoms with van der Waals surface area (Å²) >= 11 is 26.1. The minimum absolute atomic E-state index is 0. The third kappa shape index (κ3) is 12.8. The van der Waals surface area contributed by atoms with E-state index in [0.717, 1.165) is 34.7 Å². The number of carbonyl (C=O) groups is 3. The van der Waals surface area contributed by atoms with E-state index >= 15 is 0 Å². The van der Waals surface area contributed by atoms with Crippen LogP contribution in [0.15, 0.2) is 54.6 Å². The molecule has 0 aliphatic carbocycles. The van der Waals surface area contributed by atoms with Gasteiger partial charge in [-0.15, -0.1) is 34.0 Å².